The number of β-amino-alcohol motifs (C(OH)–C–C–N with tert-alkyl or cyclic N) is 1. The molecule has 0 aliphatic carbocycles. The molecule has 6 heteroatoms. The summed E-state index contributed by atoms with van der Waals surface area (Å²) < 4.78 is 5.51. The fourth-order valence-electron chi connectivity index (χ4n) is 2.21. The van der Waals surface area contributed by atoms with Gasteiger partial charge in [0, 0.05) is 19.2 Å². The van der Waals surface area contributed by atoms with Gasteiger partial charge in [0.25, 0.3) is 5.69 Å². The predicted molar refractivity (Wildman–Crippen MR) is 70.3 cm³/mol. The van der Waals surface area contributed by atoms with Crippen molar-refractivity contribution in [1.82, 2.24) is 4.90 Å². The Bertz CT molecular complexity index is 438. The van der Waals surface area contributed by atoms with E-state index in [1.165, 1.54) is 12.1 Å². The highest BCUT2D eigenvalue weighted by molar-refractivity contribution is 5.37. The zero-order chi connectivity index (χ0) is 13.7. The van der Waals surface area contributed by atoms with Crippen molar-refractivity contribution in [2.75, 3.05) is 26.2 Å². The summed E-state index contributed by atoms with van der Waals surface area (Å²) in [6.45, 7) is 2.83. The van der Waals surface area contributed by atoms with Gasteiger partial charge in [0.05, 0.1) is 17.1 Å². The third-order valence-electron chi connectivity index (χ3n) is 3.19. The lowest BCUT2D eigenvalue weighted by molar-refractivity contribution is -0.384. The Morgan fingerprint density at radius 2 is 2.37 bits per heavy atom. The fraction of sp³-hybridized carbons (Fsp3) is 0.538. The average Bonchev–Trinajstić information content (AvgIpc) is 2.39. The zero-order valence-electron chi connectivity index (χ0n) is 10.7. The van der Waals surface area contributed by atoms with Crippen molar-refractivity contribution in [2.45, 2.75) is 18.9 Å². The molecule has 104 valence electrons. The van der Waals surface area contributed by atoms with Crippen LogP contribution in [0.3, 0.4) is 0 Å². The van der Waals surface area contributed by atoms with Gasteiger partial charge in [-0.2, -0.15) is 0 Å². The first kappa shape index (κ1) is 13.8. The lowest BCUT2D eigenvalue weighted by atomic mass is 10.1. The first-order chi connectivity index (χ1) is 9.15. The van der Waals surface area contributed by atoms with E-state index in [9.17, 15) is 15.2 Å². The minimum atomic E-state index is -0.437. The van der Waals surface area contributed by atoms with Gasteiger partial charge in [0.1, 0.15) is 12.4 Å². The number of benzene rings is 1. The smallest absolute Gasteiger partial charge is 0.273 e. The molecular weight excluding hydrogens is 248 g/mol. The summed E-state index contributed by atoms with van der Waals surface area (Å²) >= 11 is 0. The second-order valence-electron chi connectivity index (χ2n) is 4.70. The van der Waals surface area contributed by atoms with Gasteiger partial charge < -0.3 is 9.84 Å². The number of ether oxygens (including phenoxy) is 1. The molecule has 0 radical (unpaired) electrons. The molecule has 0 spiro atoms. The van der Waals surface area contributed by atoms with E-state index in [4.69, 9.17) is 4.74 Å². The highest BCUT2D eigenvalue weighted by Gasteiger charge is 2.17. The van der Waals surface area contributed by atoms with Gasteiger partial charge in [-0.3, -0.25) is 15.0 Å². The van der Waals surface area contributed by atoms with Gasteiger partial charge in [-0.1, -0.05) is 6.07 Å². The topological polar surface area (TPSA) is 75.8 Å². The number of aliphatic hydroxyl groups is 1. The lowest BCUT2D eigenvalue weighted by Gasteiger charge is -2.29. The zero-order valence-corrected chi connectivity index (χ0v) is 10.7. The summed E-state index contributed by atoms with van der Waals surface area (Å²) in [5, 5.41) is 20.2. The van der Waals surface area contributed by atoms with E-state index in [-0.39, 0.29) is 11.8 Å². The quantitative estimate of drug-likeness (QED) is 0.644. The van der Waals surface area contributed by atoms with Gasteiger partial charge >= 0.3 is 0 Å². The molecular formula is C13H18N2O4. The summed E-state index contributed by atoms with van der Waals surface area (Å²) in [6.07, 6.45) is 1.62. The second-order valence-corrected chi connectivity index (χ2v) is 4.70. The highest BCUT2D eigenvalue weighted by Crippen LogP contribution is 2.19. The Labute approximate surface area is 111 Å². The molecule has 1 aromatic rings. The van der Waals surface area contributed by atoms with Crippen molar-refractivity contribution in [1.29, 1.82) is 0 Å². The highest BCUT2D eigenvalue weighted by atomic mass is 16.6. The number of non-ortho nitro benzene ring substituents is 1. The maximum Gasteiger partial charge on any atom is 0.273 e. The van der Waals surface area contributed by atoms with Crippen LogP contribution in [-0.4, -0.2) is 47.3 Å². The van der Waals surface area contributed by atoms with Gasteiger partial charge in [0.2, 0.25) is 0 Å². The van der Waals surface area contributed by atoms with Crippen LogP contribution in [0.2, 0.25) is 0 Å². The van der Waals surface area contributed by atoms with Crippen LogP contribution in [-0.2, 0) is 0 Å². The summed E-state index contributed by atoms with van der Waals surface area (Å²) in [7, 11) is 0. The first-order valence-corrected chi connectivity index (χ1v) is 6.43. The van der Waals surface area contributed by atoms with E-state index in [0.29, 0.717) is 18.9 Å². The Morgan fingerprint density at radius 3 is 3.11 bits per heavy atom. The number of nitro groups is 1. The summed E-state index contributed by atoms with van der Waals surface area (Å²) in [6, 6.07) is 6.18. The molecule has 6 nitrogen and oxygen atoms in total. The van der Waals surface area contributed by atoms with E-state index < -0.39 is 4.92 Å². The van der Waals surface area contributed by atoms with E-state index in [0.717, 1.165) is 25.9 Å². The number of likely N-dealkylation sites (tertiary alicyclic amines) is 1. The number of nitrogens with zero attached hydrogens (tertiary/aromatic N) is 2. The van der Waals surface area contributed by atoms with Crippen molar-refractivity contribution in [2.24, 2.45) is 0 Å². The van der Waals surface area contributed by atoms with Gasteiger partial charge in [0.15, 0.2) is 0 Å². The summed E-state index contributed by atoms with van der Waals surface area (Å²) in [4.78, 5) is 12.3. The molecule has 1 aliphatic rings. The molecule has 1 aliphatic heterocycles. The third-order valence-corrected chi connectivity index (χ3v) is 3.19. The Hall–Kier alpha value is -1.66. The first-order valence-electron chi connectivity index (χ1n) is 6.43. The molecule has 0 bridgehead atoms. The van der Waals surface area contributed by atoms with E-state index >= 15 is 0 Å². The van der Waals surface area contributed by atoms with Crippen LogP contribution in [0.1, 0.15) is 12.8 Å². The molecule has 1 N–H and O–H groups in total. The summed E-state index contributed by atoms with van der Waals surface area (Å²) in [5.74, 6) is 0.506. The molecule has 1 saturated heterocycles. The minimum Gasteiger partial charge on any atom is -0.492 e. The number of piperidine rings is 1. The predicted octanol–water partition coefficient (Wildman–Crippen LogP) is 1.43. The number of hydrogen-bond acceptors (Lipinski definition) is 5. The van der Waals surface area contributed by atoms with Gasteiger partial charge in [-0.05, 0) is 25.5 Å². The Balaban J connectivity index is 1.79. The van der Waals surface area contributed by atoms with Crippen LogP contribution in [0.5, 0.6) is 5.75 Å². The molecule has 0 unspecified atom stereocenters. The molecule has 1 heterocycles. The third kappa shape index (κ3) is 4.18. The van der Waals surface area contributed by atoms with Gasteiger partial charge in [-0.15, -0.1) is 0 Å². The second kappa shape index (κ2) is 6.49. The Morgan fingerprint density at radius 1 is 1.53 bits per heavy atom. The van der Waals surface area contributed by atoms with Crippen molar-refractivity contribution in [3.8, 4) is 5.75 Å². The maximum absolute atomic E-state index is 10.6. The molecule has 19 heavy (non-hydrogen) atoms. The number of hydrogen-bond donors (Lipinski definition) is 1. The van der Waals surface area contributed by atoms with E-state index in [1.807, 2.05) is 0 Å². The molecule has 1 aromatic carbocycles. The lowest BCUT2D eigenvalue weighted by Crippen LogP contribution is -2.40. The Kier molecular flexibility index (Phi) is 4.70. The van der Waals surface area contributed by atoms with Crippen LogP contribution in [0.25, 0.3) is 0 Å². The molecule has 1 fully saturated rings. The molecule has 1 atom stereocenters. The van der Waals surface area contributed by atoms with Crippen molar-refractivity contribution in [3.05, 3.63) is 34.4 Å². The van der Waals surface area contributed by atoms with Crippen LogP contribution >= 0.6 is 0 Å². The van der Waals surface area contributed by atoms with Crippen molar-refractivity contribution >= 4 is 5.69 Å². The van der Waals surface area contributed by atoms with E-state index in [2.05, 4.69) is 4.90 Å². The molecule has 0 aromatic heterocycles. The van der Waals surface area contributed by atoms with Gasteiger partial charge in [-0.25, -0.2) is 0 Å². The number of rotatable bonds is 5. The van der Waals surface area contributed by atoms with Crippen LogP contribution < -0.4 is 4.74 Å². The van der Waals surface area contributed by atoms with Crippen molar-refractivity contribution in [3.63, 3.8) is 0 Å². The molecule has 0 saturated carbocycles. The largest absolute Gasteiger partial charge is 0.492 e. The van der Waals surface area contributed by atoms with Crippen molar-refractivity contribution < 1.29 is 14.8 Å². The normalized spacial score (nSPS) is 20.2. The standard InChI is InChI=1S/C13H18N2O4/c16-12-4-2-6-14(10-12)7-8-19-13-5-1-3-11(9-13)15(17)18/h1,3,5,9,12,16H,2,4,6-8,10H2/t12-/m0/s1. The average molecular weight is 266 g/mol. The fourth-order valence-corrected chi connectivity index (χ4v) is 2.21. The minimum absolute atomic E-state index is 0.0332. The molecule has 2 rings (SSSR count). The maximum atomic E-state index is 10.6. The van der Waals surface area contributed by atoms with Crippen LogP contribution in [0.4, 0.5) is 5.69 Å². The molecule has 0 amide bonds. The SMILES string of the molecule is O=[N+]([O-])c1cccc(OCCN2CCC[C@H](O)C2)c1. The van der Waals surface area contributed by atoms with Crippen LogP contribution in [0.15, 0.2) is 24.3 Å². The monoisotopic (exact) mass is 266 g/mol. The summed E-state index contributed by atoms with van der Waals surface area (Å²) in [5.41, 5.74) is 0.0332. The van der Waals surface area contributed by atoms with Crippen LogP contribution in [0, 0.1) is 10.1 Å². The number of nitro benzene ring substituents is 1. The number of aliphatic hydroxyl groups excluding tert-OH is 1. The van der Waals surface area contributed by atoms with E-state index in [1.54, 1.807) is 12.1 Å².